The summed E-state index contributed by atoms with van der Waals surface area (Å²) in [5.74, 6) is -0.515. The normalized spacial score (nSPS) is 17.0. The van der Waals surface area contributed by atoms with Crippen molar-refractivity contribution in [3.63, 3.8) is 0 Å². The second-order valence-electron chi connectivity index (χ2n) is 6.85. The molecule has 23 heavy (non-hydrogen) atoms. The molecule has 1 aromatic carbocycles. The highest BCUT2D eigenvalue weighted by Crippen LogP contribution is 2.38. The first kappa shape index (κ1) is 17.3. The van der Waals surface area contributed by atoms with Gasteiger partial charge in [-0.1, -0.05) is 30.3 Å². The summed E-state index contributed by atoms with van der Waals surface area (Å²) >= 11 is 0. The third kappa shape index (κ3) is 4.96. The third-order valence-electron chi connectivity index (χ3n) is 3.61. The average molecular weight is 320 g/mol. The van der Waals surface area contributed by atoms with E-state index in [0.717, 1.165) is 5.56 Å². The topological polar surface area (TPSA) is 90.6 Å². The number of rotatable bonds is 5. The lowest BCUT2D eigenvalue weighted by atomic mass is 10.1. The number of nitrogens with two attached hydrogens (primary N) is 1. The fourth-order valence-corrected chi connectivity index (χ4v) is 2.20. The SMILES string of the molecule is CC(C)(C)OC(=O)C(N)C1(NC(=O)OCc2ccccc2)CC1. The first-order chi connectivity index (χ1) is 10.7. The number of carbonyl (C=O) groups excluding carboxylic acids is 2. The van der Waals surface area contributed by atoms with Crippen molar-refractivity contribution in [2.75, 3.05) is 0 Å². The highest BCUT2D eigenvalue weighted by molar-refractivity contribution is 5.80. The van der Waals surface area contributed by atoms with Crippen LogP contribution in [-0.2, 0) is 20.9 Å². The summed E-state index contributed by atoms with van der Waals surface area (Å²) < 4.78 is 10.5. The van der Waals surface area contributed by atoms with Gasteiger partial charge >= 0.3 is 12.1 Å². The smallest absolute Gasteiger partial charge is 0.407 e. The maximum Gasteiger partial charge on any atom is 0.407 e. The van der Waals surface area contributed by atoms with Crippen molar-refractivity contribution >= 4 is 12.1 Å². The predicted molar refractivity (Wildman–Crippen MR) is 85.5 cm³/mol. The molecule has 1 fully saturated rings. The Labute approximate surface area is 136 Å². The molecular weight excluding hydrogens is 296 g/mol. The van der Waals surface area contributed by atoms with Crippen LogP contribution in [0.15, 0.2) is 30.3 Å². The molecular formula is C17H24N2O4. The zero-order chi connectivity index (χ0) is 17.1. The molecule has 1 aromatic rings. The van der Waals surface area contributed by atoms with Crippen molar-refractivity contribution in [2.24, 2.45) is 5.73 Å². The zero-order valence-corrected chi connectivity index (χ0v) is 13.8. The molecule has 0 aromatic heterocycles. The van der Waals surface area contributed by atoms with Gasteiger partial charge in [0, 0.05) is 0 Å². The van der Waals surface area contributed by atoms with Crippen LogP contribution in [-0.4, -0.2) is 29.2 Å². The van der Waals surface area contributed by atoms with E-state index in [1.165, 1.54) is 0 Å². The summed E-state index contributed by atoms with van der Waals surface area (Å²) in [7, 11) is 0. The molecule has 2 rings (SSSR count). The molecule has 3 N–H and O–H groups in total. The van der Waals surface area contributed by atoms with Crippen LogP contribution in [0.1, 0.15) is 39.2 Å². The maximum absolute atomic E-state index is 12.1. The Kier molecular flexibility index (Phi) is 4.94. The number of amides is 1. The molecule has 1 saturated carbocycles. The first-order valence-electron chi connectivity index (χ1n) is 7.69. The Morgan fingerprint density at radius 1 is 1.26 bits per heavy atom. The molecule has 0 saturated heterocycles. The Hall–Kier alpha value is -2.08. The molecule has 6 heteroatoms. The van der Waals surface area contributed by atoms with E-state index in [9.17, 15) is 9.59 Å². The molecule has 6 nitrogen and oxygen atoms in total. The van der Waals surface area contributed by atoms with Gasteiger partial charge in [0.1, 0.15) is 18.2 Å². The number of hydrogen-bond donors (Lipinski definition) is 2. The largest absolute Gasteiger partial charge is 0.459 e. The van der Waals surface area contributed by atoms with E-state index >= 15 is 0 Å². The van der Waals surface area contributed by atoms with Gasteiger partial charge in [-0.2, -0.15) is 0 Å². The monoisotopic (exact) mass is 320 g/mol. The Morgan fingerprint density at radius 2 is 1.87 bits per heavy atom. The third-order valence-corrected chi connectivity index (χ3v) is 3.61. The van der Waals surface area contributed by atoms with Gasteiger partial charge in [0.25, 0.3) is 0 Å². The van der Waals surface area contributed by atoms with Gasteiger partial charge in [-0.05, 0) is 39.2 Å². The van der Waals surface area contributed by atoms with E-state index in [0.29, 0.717) is 12.8 Å². The molecule has 1 aliphatic rings. The van der Waals surface area contributed by atoms with Crippen LogP contribution in [0, 0.1) is 0 Å². The number of benzene rings is 1. The highest BCUT2D eigenvalue weighted by atomic mass is 16.6. The number of hydrogen-bond acceptors (Lipinski definition) is 5. The van der Waals surface area contributed by atoms with Crippen LogP contribution >= 0.6 is 0 Å². The van der Waals surface area contributed by atoms with E-state index in [1.54, 1.807) is 20.8 Å². The quantitative estimate of drug-likeness (QED) is 0.811. The molecule has 0 bridgehead atoms. The Bertz CT molecular complexity index is 562. The first-order valence-corrected chi connectivity index (χ1v) is 7.69. The van der Waals surface area contributed by atoms with E-state index in [4.69, 9.17) is 15.2 Å². The minimum Gasteiger partial charge on any atom is -0.459 e. The van der Waals surface area contributed by atoms with E-state index in [2.05, 4.69) is 5.32 Å². The summed E-state index contributed by atoms with van der Waals surface area (Å²) in [6.07, 6.45) is 0.687. The van der Waals surface area contributed by atoms with E-state index in [-0.39, 0.29) is 6.61 Å². The molecule has 0 radical (unpaired) electrons. The lowest BCUT2D eigenvalue weighted by Gasteiger charge is -2.27. The van der Waals surface area contributed by atoms with Crippen molar-refractivity contribution in [2.45, 2.75) is 57.4 Å². The van der Waals surface area contributed by atoms with Gasteiger partial charge in [0.15, 0.2) is 0 Å². The molecule has 0 spiro atoms. The standard InChI is InChI=1S/C17H24N2O4/c1-16(2,3)23-14(20)13(18)17(9-10-17)19-15(21)22-11-12-7-5-4-6-8-12/h4-8,13H,9-11,18H2,1-3H3,(H,19,21). The summed E-state index contributed by atoms with van der Waals surface area (Å²) in [6.45, 7) is 5.50. The minimum atomic E-state index is -0.897. The second kappa shape index (κ2) is 6.58. The van der Waals surface area contributed by atoms with Gasteiger partial charge in [-0.3, -0.25) is 4.79 Å². The van der Waals surface area contributed by atoms with Gasteiger partial charge in [0.05, 0.1) is 5.54 Å². The van der Waals surface area contributed by atoms with Crippen molar-refractivity contribution in [1.82, 2.24) is 5.32 Å². The van der Waals surface area contributed by atoms with Crippen LogP contribution in [0.3, 0.4) is 0 Å². The predicted octanol–water partition coefficient (Wildman–Crippen LogP) is 2.11. The maximum atomic E-state index is 12.1. The van der Waals surface area contributed by atoms with Crippen LogP contribution < -0.4 is 11.1 Å². The van der Waals surface area contributed by atoms with Crippen LogP contribution in [0.25, 0.3) is 0 Å². The zero-order valence-electron chi connectivity index (χ0n) is 13.8. The van der Waals surface area contributed by atoms with Crippen LogP contribution in [0.2, 0.25) is 0 Å². The van der Waals surface area contributed by atoms with Crippen molar-refractivity contribution in [3.8, 4) is 0 Å². The number of esters is 1. The lowest BCUT2D eigenvalue weighted by molar-refractivity contribution is -0.157. The summed E-state index contributed by atoms with van der Waals surface area (Å²) in [5, 5.41) is 2.72. The molecule has 126 valence electrons. The second-order valence-corrected chi connectivity index (χ2v) is 6.85. The number of ether oxygens (including phenoxy) is 2. The summed E-state index contributed by atoms with van der Waals surface area (Å²) in [4.78, 5) is 24.0. The average Bonchev–Trinajstić information content (AvgIpc) is 3.24. The molecule has 0 aliphatic heterocycles. The Morgan fingerprint density at radius 3 is 2.39 bits per heavy atom. The minimum absolute atomic E-state index is 0.171. The number of nitrogens with one attached hydrogen (secondary N) is 1. The Balaban J connectivity index is 1.86. The summed E-state index contributed by atoms with van der Waals surface area (Å²) in [5.41, 5.74) is 5.50. The fraction of sp³-hybridized carbons (Fsp3) is 0.529. The number of alkyl carbamates (subject to hydrolysis) is 1. The molecule has 0 heterocycles. The van der Waals surface area contributed by atoms with Gasteiger partial charge in [-0.25, -0.2) is 4.79 Å². The molecule has 1 aliphatic carbocycles. The molecule has 1 atom stereocenters. The van der Waals surface area contributed by atoms with E-state index in [1.807, 2.05) is 30.3 Å². The van der Waals surface area contributed by atoms with Gasteiger partial charge in [0.2, 0.25) is 0 Å². The molecule has 1 unspecified atom stereocenters. The molecule has 1 amide bonds. The van der Waals surface area contributed by atoms with Gasteiger partial charge in [-0.15, -0.1) is 0 Å². The van der Waals surface area contributed by atoms with Crippen LogP contribution in [0.4, 0.5) is 4.79 Å². The van der Waals surface area contributed by atoms with Crippen molar-refractivity contribution < 1.29 is 19.1 Å². The van der Waals surface area contributed by atoms with Gasteiger partial charge < -0.3 is 20.5 Å². The van der Waals surface area contributed by atoms with E-state index < -0.39 is 29.2 Å². The summed E-state index contributed by atoms with van der Waals surface area (Å²) in [6, 6.07) is 8.47. The van der Waals surface area contributed by atoms with Crippen LogP contribution in [0.5, 0.6) is 0 Å². The van der Waals surface area contributed by atoms with Crippen molar-refractivity contribution in [1.29, 1.82) is 0 Å². The van der Waals surface area contributed by atoms with Crippen molar-refractivity contribution in [3.05, 3.63) is 35.9 Å². The lowest BCUT2D eigenvalue weighted by Crippen LogP contribution is -2.55. The highest BCUT2D eigenvalue weighted by Gasteiger charge is 2.53. The fourth-order valence-electron chi connectivity index (χ4n) is 2.20. The number of carbonyl (C=O) groups is 2.